The Morgan fingerprint density at radius 1 is 1.22 bits per heavy atom. The molecule has 0 saturated carbocycles. The fourth-order valence-electron chi connectivity index (χ4n) is 2.39. The second-order valence-electron chi connectivity index (χ2n) is 5.37. The summed E-state index contributed by atoms with van der Waals surface area (Å²) in [5, 5.41) is 3.57. The standard InChI is InChI=1S/C16H27NO/c1-7-17-15(10-11(2)3)14-9-8-12(4)13(5)16(14)18-6/h8-9,11,15,17H,7,10H2,1-6H3. The molecule has 0 aliphatic carbocycles. The van der Waals surface area contributed by atoms with E-state index in [1.807, 2.05) is 0 Å². The third-order valence-corrected chi connectivity index (χ3v) is 3.44. The third kappa shape index (κ3) is 3.49. The normalized spacial score (nSPS) is 12.8. The quantitative estimate of drug-likeness (QED) is 0.822. The molecule has 0 spiro atoms. The number of benzene rings is 1. The summed E-state index contributed by atoms with van der Waals surface area (Å²) in [4.78, 5) is 0. The van der Waals surface area contributed by atoms with Crippen molar-refractivity contribution in [1.82, 2.24) is 5.32 Å². The molecule has 1 unspecified atom stereocenters. The first-order valence-electron chi connectivity index (χ1n) is 6.88. The van der Waals surface area contributed by atoms with Crippen LogP contribution < -0.4 is 10.1 Å². The van der Waals surface area contributed by atoms with Crippen molar-refractivity contribution in [3.63, 3.8) is 0 Å². The molecular formula is C16H27NO. The Kier molecular flexibility index (Phi) is 5.67. The molecule has 0 aromatic heterocycles. The fraction of sp³-hybridized carbons (Fsp3) is 0.625. The lowest BCUT2D eigenvalue weighted by Gasteiger charge is -2.24. The molecule has 102 valence electrons. The minimum Gasteiger partial charge on any atom is -0.496 e. The SMILES string of the molecule is CCNC(CC(C)C)c1ccc(C)c(C)c1OC. The van der Waals surface area contributed by atoms with E-state index in [-0.39, 0.29) is 0 Å². The minimum absolute atomic E-state index is 0.379. The summed E-state index contributed by atoms with van der Waals surface area (Å²) in [5.74, 6) is 1.71. The Labute approximate surface area is 112 Å². The lowest BCUT2D eigenvalue weighted by atomic mass is 9.93. The summed E-state index contributed by atoms with van der Waals surface area (Å²) < 4.78 is 5.63. The summed E-state index contributed by atoms with van der Waals surface area (Å²) >= 11 is 0. The van der Waals surface area contributed by atoms with E-state index in [2.05, 4.69) is 52.1 Å². The Balaban J connectivity index is 3.14. The van der Waals surface area contributed by atoms with E-state index in [1.54, 1.807) is 7.11 Å². The van der Waals surface area contributed by atoms with Crippen molar-refractivity contribution in [3.8, 4) is 5.75 Å². The summed E-state index contributed by atoms with van der Waals surface area (Å²) in [6, 6.07) is 4.78. The molecule has 0 aliphatic heterocycles. The highest BCUT2D eigenvalue weighted by atomic mass is 16.5. The zero-order chi connectivity index (χ0) is 13.7. The van der Waals surface area contributed by atoms with Gasteiger partial charge in [-0.3, -0.25) is 0 Å². The zero-order valence-electron chi connectivity index (χ0n) is 12.6. The predicted octanol–water partition coefficient (Wildman–Crippen LogP) is 4.01. The molecule has 1 atom stereocenters. The molecule has 1 rings (SSSR count). The molecule has 0 amide bonds. The van der Waals surface area contributed by atoms with Gasteiger partial charge in [0.2, 0.25) is 0 Å². The number of rotatable bonds is 6. The van der Waals surface area contributed by atoms with Gasteiger partial charge in [-0.05, 0) is 43.9 Å². The third-order valence-electron chi connectivity index (χ3n) is 3.44. The van der Waals surface area contributed by atoms with E-state index in [0.29, 0.717) is 12.0 Å². The summed E-state index contributed by atoms with van der Waals surface area (Å²) in [6.45, 7) is 11.9. The first kappa shape index (κ1) is 15.0. The van der Waals surface area contributed by atoms with Crippen LogP contribution in [0, 0.1) is 19.8 Å². The average Bonchev–Trinajstić information content (AvgIpc) is 2.31. The molecule has 1 aromatic carbocycles. The molecule has 0 aliphatic rings. The van der Waals surface area contributed by atoms with E-state index in [1.165, 1.54) is 16.7 Å². The Hall–Kier alpha value is -1.02. The van der Waals surface area contributed by atoms with Crippen LogP contribution in [0.4, 0.5) is 0 Å². The van der Waals surface area contributed by atoms with Crippen LogP contribution in [0.25, 0.3) is 0 Å². The maximum atomic E-state index is 5.63. The molecular weight excluding hydrogens is 222 g/mol. The zero-order valence-corrected chi connectivity index (χ0v) is 12.6. The summed E-state index contributed by atoms with van der Waals surface area (Å²) in [5.41, 5.74) is 3.83. The molecule has 2 heteroatoms. The monoisotopic (exact) mass is 249 g/mol. The Morgan fingerprint density at radius 2 is 1.89 bits per heavy atom. The Bertz CT molecular complexity index is 385. The van der Waals surface area contributed by atoms with E-state index in [4.69, 9.17) is 4.74 Å². The molecule has 0 radical (unpaired) electrons. The van der Waals surface area contributed by atoms with Gasteiger partial charge in [-0.2, -0.15) is 0 Å². The van der Waals surface area contributed by atoms with E-state index >= 15 is 0 Å². The van der Waals surface area contributed by atoms with Crippen molar-refractivity contribution in [2.24, 2.45) is 5.92 Å². The van der Waals surface area contributed by atoms with Gasteiger partial charge in [0.05, 0.1) is 7.11 Å². The topological polar surface area (TPSA) is 21.3 Å². The molecule has 18 heavy (non-hydrogen) atoms. The first-order chi connectivity index (χ1) is 8.51. The summed E-state index contributed by atoms with van der Waals surface area (Å²) in [7, 11) is 1.77. The molecule has 1 N–H and O–H groups in total. The van der Waals surface area contributed by atoms with E-state index in [9.17, 15) is 0 Å². The number of ether oxygens (including phenoxy) is 1. The fourth-order valence-corrected chi connectivity index (χ4v) is 2.39. The number of hydrogen-bond acceptors (Lipinski definition) is 2. The molecule has 2 nitrogen and oxygen atoms in total. The van der Waals surface area contributed by atoms with Crippen LogP contribution in [-0.4, -0.2) is 13.7 Å². The number of hydrogen-bond donors (Lipinski definition) is 1. The van der Waals surface area contributed by atoms with Crippen molar-refractivity contribution in [1.29, 1.82) is 0 Å². The van der Waals surface area contributed by atoms with Crippen molar-refractivity contribution in [2.45, 2.75) is 47.1 Å². The number of methoxy groups -OCH3 is 1. The van der Waals surface area contributed by atoms with Crippen molar-refractivity contribution >= 4 is 0 Å². The van der Waals surface area contributed by atoms with Gasteiger partial charge in [-0.15, -0.1) is 0 Å². The van der Waals surface area contributed by atoms with E-state index in [0.717, 1.165) is 18.7 Å². The summed E-state index contributed by atoms with van der Waals surface area (Å²) in [6.07, 6.45) is 1.13. The number of aryl methyl sites for hydroxylation is 1. The molecule has 0 fully saturated rings. The van der Waals surface area contributed by atoms with Crippen molar-refractivity contribution in [2.75, 3.05) is 13.7 Å². The lowest BCUT2D eigenvalue weighted by molar-refractivity contribution is 0.381. The van der Waals surface area contributed by atoms with Crippen LogP contribution in [0.15, 0.2) is 12.1 Å². The second kappa shape index (κ2) is 6.79. The number of nitrogens with one attached hydrogen (secondary N) is 1. The van der Waals surface area contributed by atoms with E-state index < -0.39 is 0 Å². The van der Waals surface area contributed by atoms with Crippen LogP contribution in [0.2, 0.25) is 0 Å². The van der Waals surface area contributed by atoms with Gasteiger partial charge in [-0.1, -0.05) is 32.9 Å². The smallest absolute Gasteiger partial charge is 0.126 e. The predicted molar refractivity (Wildman–Crippen MR) is 78.3 cm³/mol. The largest absolute Gasteiger partial charge is 0.496 e. The first-order valence-corrected chi connectivity index (χ1v) is 6.88. The molecule has 1 aromatic rings. The van der Waals surface area contributed by atoms with Gasteiger partial charge in [0, 0.05) is 11.6 Å². The molecule has 0 saturated heterocycles. The van der Waals surface area contributed by atoms with Gasteiger partial charge in [0.25, 0.3) is 0 Å². The molecule has 0 bridgehead atoms. The van der Waals surface area contributed by atoms with Gasteiger partial charge >= 0.3 is 0 Å². The Morgan fingerprint density at radius 3 is 2.39 bits per heavy atom. The van der Waals surface area contributed by atoms with Crippen molar-refractivity contribution < 1.29 is 4.74 Å². The maximum absolute atomic E-state index is 5.63. The van der Waals surface area contributed by atoms with Gasteiger partial charge in [0.1, 0.15) is 5.75 Å². The van der Waals surface area contributed by atoms with Crippen LogP contribution in [0.5, 0.6) is 5.75 Å². The van der Waals surface area contributed by atoms with Crippen LogP contribution in [0.1, 0.15) is 49.9 Å². The van der Waals surface area contributed by atoms with Gasteiger partial charge < -0.3 is 10.1 Å². The van der Waals surface area contributed by atoms with Crippen molar-refractivity contribution in [3.05, 3.63) is 28.8 Å². The highest BCUT2D eigenvalue weighted by Gasteiger charge is 2.18. The van der Waals surface area contributed by atoms with Gasteiger partial charge in [0.15, 0.2) is 0 Å². The highest BCUT2D eigenvalue weighted by molar-refractivity contribution is 5.46. The second-order valence-corrected chi connectivity index (χ2v) is 5.37. The minimum atomic E-state index is 0.379. The maximum Gasteiger partial charge on any atom is 0.126 e. The lowest BCUT2D eigenvalue weighted by Crippen LogP contribution is -2.23. The highest BCUT2D eigenvalue weighted by Crippen LogP contribution is 2.33. The molecule has 0 heterocycles. The average molecular weight is 249 g/mol. The van der Waals surface area contributed by atoms with Crippen LogP contribution in [-0.2, 0) is 0 Å². The van der Waals surface area contributed by atoms with Crippen LogP contribution >= 0.6 is 0 Å². The van der Waals surface area contributed by atoms with Crippen LogP contribution in [0.3, 0.4) is 0 Å². The van der Waals surface area contributed by atoms with Gasteiger partial charge in [-0.25, -0.2) is 0 Å².